The van der Waals surface area contributed by atoms with Crippen LogP contribution in [0.25, 0.3) is 22.6 Å². The van der Waals surface area contributed by atoms with Crippen LogP contribution in [0.15, 0.2) is 54.9 Å². The first-order valence-corrected chi connectivity index (χ1v) is 10.2. The maximum Gasteiger partial charge on any atom is 0.416 e. The predicted molar refractivity (Wildman–Crippen MR) is 117 cm³/mol. The largest absolute Gasteiger partial charge is 0.496 e. The molecule has 33 heavy (non-hydrogen) atoms. The number of benzene rings is 1. The molecule has 170 valence electrons. The summed E-state index contributed by atoms with van der Waals surface area (Å²) in [4.78, 5) is 15.5. The van der Waals surface area contributed by atoms with Crippen molar-refractivity contribution in [2.45, 2.75) is 12.8 Å². The van der Waals surface area contributed by atoms with E-state index < -0.39 is 11.7 Å². The number of imidazole rings is 1. The summed E-state index contributed by atoms with van der Waals surface area (Å²) in [5.41, 5.74) is 1.09. The van der Waals surface area contributed by atoms with E-state index in [1.54, 1.807) is 36.5 Å². The molecule has 4 rings (SSSR count). The van der Waals surface area contributed by atoms with Gasteiger partial charge in [-0.3, -0.25) is 4.98 Å². The zero-order valence-electron chi connectivity index (χ0n) is 17.0. The molecule has 6 nitrogen and oxygen atoms in total. The van der Waals surface area contributed by atoms with E-state index >= 15 is 0 Å². The Hall–Kier alpha value is -3.30. The SMILES string of the molecule is COc1cc(OCc2cc(C(F)(F)F)ccn2)ccc1-c1nc(-c2ccc(Cl)nc2)[nH]c1Cl. The number of alkyl halides is 3. The van der Waals surface area contributed by atoms with Crippen LogP contribution in [0.1, 0.15) is 11.3 Å². The number of methoxy groups -OCH3 is 1. The molecule has 0 bridgehead atoms. The first-order valence-electron chi connectivity index (χ1n) is 9.45. The van der Waals surface area contributed by atoms with Crippen molar-refractivity contribution in [1.29, 1.82) is 0 Å². The summed E-state index contributed by atoms with van der Waals surface area (Å²) in [5, 5.41) is 0.648. The van der Waals surface area contributed by atoms with Crippen LogP contribution in [0.3, 0.4) is 0 Å². The highest BCUT2D eigenvalue weighted by molar-refractivity contribution is 6.32. The van der Waals surface area contributed by atoms with Crippen molar-refractivity contribution in [2.75, 3.05) is 7.11 Å². The van der Waals surface area contributed by atoms with Crippen molar-refractivity contribution < 1.29 is 22.6 Å². The number of rotatable bonds is 6. The fraction of sp³-hybridized carbons (Fsp3) is 0.136. The van der Waals surface area contributed by atoms with E-state index in [1.807, 2.05) is 0 Å². The van der Waals surface area contributed by atoms with Gasteiger partial charge in [-0.25, -0.2) is 9.97 Å². The van der Waals surface area contributed by atoms with Gasteiger partial charge in [0.1, 0.15) is 39.9 Å². The lowest BCUT2D eigenvalue weighted by molar-refractivity contribution is -0.137. The van der Waals surface area contributed by atoms with Crippen LogP contribution < -0.4 is 9.47 Å². The Morgan fingerprint density at radius 2 is 1.85 bits per heavy atom. The molecule has 0 aliphatic carbocycles. The Morgan fingerprint density at radius 1 is 1.03 bits per heavy atom. The van der Waals surface area contributed by atoms with Crippen molar-refractivity contribution in [3.05, 3.63) is 76.4 Å². The van der Waals surface area contributed by atoms with Gasteiger partial charge in [0.15, 0.2) is 0 Å². The minimum atomic E-state index is -4.45. The van der Waals surface area contributed by atoms with Crippen LogP contribution in [0.4, 0.5) is 13.2 Å². The molecule has 0 fully saturated rings. The van der Waals surface area contributed by atoms with E-state index in [0.717, 1.165) is 18.3 Å². The fourth-order valence-corrected chi connectivity index (χ4v) is 3.38. The predicted octanol–water partition coefficient (Wildman–Crippen LogP) is 6.45. The van der Waals surface area contributed by atoms with Gasteiger partial charge in [0.05, 0.1) is 18.4 Å². The summed E-state index contributed by atoms with van der Waals surface area (Å²) < 4.78 is 49.7. The first-order chi connectivity index (χ1) is 15.7. The van der Waals surface area contributed by atoms with Crippen LogP contribution >= 0.6 is 23.2 Å². The second-order valence-corrected chi connectivity index (χ2v) is 7.57. The molecule has 3 heterocycles. The van der Waals surface area contributed by atoms with E-state index in [9.17, 15) is 13.2 Å². The Bertz CT molecular complexity index is 1280. The standard InChI is InChI=1S/C22H15Cl2F3N4O2/c1-32-17-9-15(33-11-14-8-13(6-7-28-14)22(25,26)27)3-4-16(17)19-20(24)31-21(30-19)12-2-5-18(23)29-10-12/h2-10H,11H2,1H3,(H,30,31). The number of aromatic amines is 1. The number of aromatic nitrogens is 4. The van der Waals surface area contributed by atoms with Gasteiger partial charge in [0.2, 0.25) is 0 Å². The lowest BCUT2D eigenvalue weighted by atomic mass is 10.1. The van der Waals surface area contributed by atoms with Crippen molar-refractivity contribution in [3.63, 3.8) is 0 Å². The zero-order valence-corrected chi connectivity index (χ0v) is 18.5. The summed E-state index contributed by atoms with van der Waals surface area (Å²) >= 11 is 12.2. The number of hydrogen-bond acceptors (Lipinski definition) is 5. The third-order valence-electron chi connectivity index (χ3n) is 4.62. The molecule has 0 aliphatic heterocycles. The second kappa shape index (κ2) is 9.29. The van der Waals surface area contributed by atoms with Gasteiger partial charge in [-0.15, -0.1) is 0 Å². The highest BCUT2D eigenvalue weighted by Crippen LogP contribution is 2.37. The summed E-state index contributed by atoms with van der Waals surface area (Å²) in [6.07, 6.45) is -1.79. The lowest BCUT2D eigenvalue weighted by Gasteiger charge is -2.12. The van der Waals surface area contributed by atoms with Crippen LogP contribution in [-0.2, 0) is 12.8 Å². The molecule has 0 amide bonds. The van der Waals surface area contributed by atoms with Gasteiger partial charge in [0, 0.05) is 29.6 Å². The fourth-order valence-electron chi connectivity index (χ4n) is 3.03. The molecule has 1 N–H and O–H groups in total. The van der Waals surface area contributed by atoms with Crippen LogP contribution in [0.5, 0.6) is 11.5 Å². The lowest BCUT2D eigenvalue weighted by Crippen LogP contribution is -2.07. The maximum absolute atomic E-state index is 12.9. The summed E-state index contributed by atoms with van der Waals surface area (Å²) in [6, 6.07) is 10.2. The topological polar surface area (TPSA) is 72.9 Å². The third-order valence-corrected chi connectivity index (χ3v) is 5.12. The highest BCUT2D eigenvalue weighted by atomic mass is 35.5. The zero-order chi connectivity index (χ0) is 23.6. The normalized spacial score (nSPS) is 11.5. The highest BCUT2D eigenvalue weighted by Gasteiger charge is 2.30. The van der Waals surface area contributed by atoms with Gasteiger partial charge in [-0.2, -0.15) is 13.2 Å². The van der Waals surface area contributed by atoms with Crippen LogP contribution in [0.2, 0.25) is 10.3 Å². The molecule has 3 aromatic heterocycles. The Labute approximate surface area is 196 Å². The van der Waals surface area contributed by atoms with E-state index in [1.165, 1.54) is 7.11 Å². The second-order valence-electron chi connectivity index (χ2n) is 6.80. The number of nitrogens with one attached hydrogen (secondary N) is 1. The van der Waals surface area contributed by atoms with Crippen molar-refractivity contribution in [3.8, 4) is 34.1 Å². The average molecular weight is 495 g/mol. The number of halogens is 5. The Kier molecular flexibility index (Phi) is 6.44. The van der Waals surface area contributed by atoms with Gasteiger partial charge < -0.3 is 14.5 Å². The summed E-state index contributed by atoms with van der Waals surface area (Å²) in [5.74, 6) is 1.29. The molecule has 0 radical (unpaired) electrons. The molecule has 0 saturated carbocycles. The minimum Gasteiger partial charge on any atom is -0.496 e. The number of nitrogens with zero attached hydrogens (tertiary/aromatic N) is 3. The molecule has 0 unspecified atom stereocenters. The molecule has 1 aromatic carbocycles. The van der Waals surface area contributed by atoms with Gasteiger partial charge >= 0.3 is 6.18 Å². The maximum atomic E-state index is 12.9. The van der Waals surface area contributed by atoms with Gasteiger partial charge in [-0.05, 0) is 36.4 Å². The number of hydrogen-bond donors (Lipinski definition) is 1. The Morgan fingerprint density at radius 3 is 2.55 bits per heavy atom. The summed E-state index contributed by atoms with van der Waals surface area (Å²) in [7, 11) is 1.47. The molecule has 0 atom stereocenters. The first kappa shape index (κ1) is 22.9. The summed E-state index contributed by atoms with van der Waals surface area (Å²) in [6.45, 7) is -0.150. The van der Waals surface area contributed by atoms with E-state index in [2.05, 4.69) is 19.9 Å². The smallest absolute Gasteiger partial charge is 0.416 e. The molecular weight excluding hydrogens is 480 g/mol. The molecular formula is C22H15Cl2F3N4O2. The van der Waals surface area contributed by atoms with Gasteiger partial charge in [-0.1, -0.05) is 23.2 Å². The molecule has 0 saturated heterocycles. The van der Waals surface area contributed by atoms with Crippen molar-refractivity contribution in [1.82, 2.24) is 19.9 Å². The molecule has 0 aliphatic rings. The van der Waals surface area contributed by atoms with E-state index in [4.69, 9.17) is 32.7 Å². The van der Waals surface area contributed by atoms with E-state index in [-0.39, 0.29) is 12.3 Å². The van der Waals surface area contributed by atoms with Gasteiger partial charge in [0.25, 0.3) is 0 Å². The average Bonchev–Trinajstić information content (AvgIpc) is 3.19. The molecule has 0 spiro atoms. The van der Waals surface area contributed by atoms with Crippen molar-refractivity contribution in [2.24, 2.45) is 0 Å². The third kappa shape index (κ3) is 5.20. The minimum absolute atomic E-state index is 0.143. The quantitative estimate of drug-likeness (QED) is 0.312. The molecule has 11 heteroatoms. The van der Waals surface area contributed by atoms with E-state index in [0.29, 0.717) is 44.5 Å². The van der Waals surface area contributed by atoms with Crippen LogP contribution in [0, 0.1) is 0 Å². The van der Waals surface area contributed by atoms with Crippen molar-refractivity contribution >= 4 is 23.2 Å². The number of ether oxygens (including phenoxy) is 2. The number of pyridine rings is 2. The number of H-pyrrole nitrogens is 1. The monoisotopic (exact) mass is 494 g/mol. The Balaban J connectivity index is 1.56. The van der Waals surface area contributed by atoms with Crippen LogP contribution in [-0.4, -0.2) is 27.0 Å². The molecule has 4 aromatic rings.